The predicted molar refractivity (Wildman–Crippen MR) is 66.6 cm³/mol. The van der Waals surface area contributed by atoms with Gasteiger partial charge in [0.05, 0.1) is 0 Å². The van der Waals surface area contributed by atoms with E-state index in [-0.39, 0.29) is 30.7 Å². The fourth-order valence-corrected chi connectivity index (χ4v) is 1.85. The second-order valence-corrected chi connectivity index (χ2v) is 4.46. The number of rotatable bonds is 6. The molecule has 98 valence electrons. The SMILES string of the molecule is CCCNC(=O)CCC(=O)NC1CCCNC1. The number of nitrogens with one attached hydrogen (secondary N) is 3. The van der Waals surface area contributed by atoms with E-state index in [0.29, 0.717) is 6.54 Å². The first-order valence-electron chi connectivity index (χ1n) is 6.49. The molecule has 5 nitrogen and oxygen atoms in total. The van der Waals surface area contributed by atoms with Crippen molar-refractivity contribution < 1.29 is 9.59 Å². The molecule has 1 aliphatic rings. The molecule has 1 atom stereocenters. The van der Waals surface area contributed by atoms with Crippen LogP contribution in [0.15, 0.2) is 0 Å². The fourth-order valence-electron chi connectivity index (χ4n) is 1.85. The molecule has 0 aromatic carbocycles. The van der Waals surface area contributed by atoms with Gasteiger partial charge in [-0.1, -0.05) is 6.92 Å². The molecule has 0 bridgehead atoms. The lowest BCUT2D eigenvalue weighted by molar-refractivity contribution is -0.126. The molecule has 1 heterocycles. The number of hydrogen-bond donors (Lipinski definition) is 3. The molecule has 1 fully saturated rings. The number of carbonyl (C=O) groups is 2. The molecular weight excluding hydrogens is 218 g/mol. The minimum atomic E-state index is -0.0382. The Balaban J connectivity index is 2.09. The minimum Gasteiger partial charge on any atom is -0.356 e. The summed E-state index contributed by atoms with van der Waals surface area (Å²) in [5, 5.41) is 8.95. The number of piperidine rings is 1. The predicted octanol–water partition coefficient (Wildman–Crippen LogP) is 0.161. The van der Waals surface area contributed by atoms with Crippen molar-refractivity contribution in [3.63, 3.8) is 0 Å². The number of carbonyl (C=O) groups excluding carboxylic acids is 2. The molecule has 1 unspecified atom stereocenters. The molecule has 0 spiro atoms. The Kier molecular flexibility index (Phi) is 6.62. The highest BCUT2D eigenvalue weighted by Crippen LogP contribution is 2.02. The van der Waals surface area contributed by atoms with E-state index in [1.165, 1.54) is 0 Å². The maximum absolute atomic E-state index is 11.6. The van der Waals surface area contributed by atoms with Crippen LogP contribution in [0, 0.1) is 0 Å². The van der Waals surface area contributed by atoms with E-state index in [4.69, 9.17) is 0 Å². The highest BCUT2D eigenvalue weighted by molar-refractivity contribution is 5.83. The van der Waals surface area contributed by atoms with Crippen LogP contribution < -0.4 is 16.0 Å². The van der Waals surface area contributed by atoms with Gasteiger partial charge in [-0.3, -0.25) is 9.59 Å². The quantitative estimate of drug-likeness (QED) is 0.620. The van der Waals surface area contributed by atoms with Gasteiger partial charge in [-0.15, -0.1) is 0 Å². The molecule has 1 saturated heterocycles. The monoisotopic (exact) mass is 241 g/mol. The van der Waals surface area contributed by atoms with Gasteiger partial charge in [0.1, 0.15) is 0 Å². The van der Waals surface area contributed by atoms with Gasteiger partial charge in [0.2, 0.25) is 11.8 Å². The van der Waals surface area contributed by atoms with Crippen LogP contribution >= 0.6 is 0 Å². The number of hydrogen-bond acceptors (Lipinski definition) is 3. The van der Waals surface area contributed by atoms with Gasteiger partial charge < -0.3 is 16.0 Å². The fraction of sp³-hybridized carbons (Fsp3) is 0.833. The number of amides is 2. The Morgan fingerprint density at radius 1 is 1.29 bits per heavy atom. The zero-order valence-corrected chi connectivity index (χ0v) is 10.6. The van der Waals surface area contributed by atoms with Gasteiger partial charge in [-0.2, -0.15) is 0 Å². The summed E-state index contributed by atoms with van der Waals surface area (Å²) in [6, 6.07) is 0.231. The van der Waals surface area contributed by atoms with Crippen LogP contribution in [-0.2, 0) is 9.59 Å². The lowest BCUT2D eigenvalue weighted by Crippen LogP contribution is -2.45. The van der Waals surface area contributed by atoms with E-state index in [2.05, 4.69) is 16.0 Å². The molecular formula is C12H23N3O2. The molecule has 5 heteroatoms. The largest absolute Gasteiger partial charge is 0.356 e. The van der Waals surface area contributed by atoms with Gasteiger partial charge in [-0.05, 0) is 25.8 Å². The maximum Gasteiger partial charge on any atom is 0.220 e. The zero-order valence-electron chi connectivity index (χ0n) is 10.6. The standard InChI is InChI=1S/C12H23N3O2/c1-2-7-14-11(16)5-6-12(17)15-10-4-3-8-13-9-10/h10,13H,2-9H2,1H3,(H,14,16)(H,15,17). The van der Waals surface area contributed by atoms with E-state index in [9.17, 15) is 9.59 Å². The minimum absolute atomic E-state index is 0.0228. The molecule has 1 rings (SSSR count). The van der Waals surface area contributed by atoms with Crippen molar-refractivity contribution >= 4 is 11.8 Å². The summed E-state index contributed by atoms with van der Waals surface area (Å²) in [5.41, 5.74) is 0. The van der Waals surface area contributed by atoms with E-state index >= 15 is 0 Å². The highest BCUT2D eigenvalue weighted by atomic mass is 16.2. The molecule has 2 amide bonds. The molecule has 0 radical (unpaired) electrons. The molecule has 0 saturated carbocycles. The van der Waals surface area contributed by atoms with Crippen LogP contribution in [0.25, 0.3) is 0 Å². The van der Waals surface area contributed by atoms with Crippen molar-refractivity contribution in [3.05, 3.63) is 0 Å². The Morgan fingerprint density at radius 2 is 2.06 bits per heavy atom. The van der Waals surface area contributed by atoms with Crippen LogP contribution in [0.5, 0.6) is 0 Å². The molecule has 3 N–H and O–H groups in total. The molecule has 1 aliphatic heterocycles. The Morgan fingerprint density at radius 3 is 2.71 bits per heavy atom. The first-order chi connectivity index (χ1) is 8.22. The van der Waals surface area contributed by atoms with Crippen molar-refractivity contribution in [2.45, 2.75) is 45.1 Å². The average Bonchev–Trinajstić information content (AvgIpc) is 2.35. The smallest absolute Gasteiger partial charge is 0.220 e. The zero-order chi connectivity index (χ0) is 12.5. The normalized spacial score (nSPS) is 19.7. The third kappa shape index (κ3) is 6.26. The summed E-state index contributed by atoms with van der Waals surface area (Å²) in [7, 11) is 0. The first-order valence-corrected chi connectivity index (χ1v) is 6.49. The summed E-state index contributed by atoms with van der Waals surface area (Å²) in [4.78, 5) is 22.9. The van der Waals surface area contributed by atoms with Crippen LogP contribution in [0.4, 0.5) is 0 Å². The van der Waals surface area contributed by atoms with Crippen LogP contribution in [0.3, 0.4) is 0 Å². The van der Waals surface area contributed by atoms with E-state index < -0.39 is 0 Å². The van der Waals surface area contributed by atoms with Crippen LogP contribution in [0.2, 0.25) is 0 Å². The molecule has 0 aliphatic carbocycles. The summed E-state index contributed by atoms with van der Waals surface area (Å²) in [6.45, 7) is 4.57. The Labute approximate surface area is 103 Å². The molecule has 0 aromatic rings. The van der Waals surface area contributed by atoms with Crippen molar-refractivity contribution in [2.24, 2.45) is 0 Å². The highest BCUT2D eigenvalue weighted by Gasteiger charge is 2.15. The van der Waals surface area contributed by atoms with Gasteiger partial charge in [0.15, 0.2) is 0 Å². The van der Waals surface area contributed by atoms with Crippen LogP contribution in [0.1, 0.15) is 39.0 Å². The molecule has 17 heavy (non-hydrogen) atoms. The second kappa shape index (κ2) is 8.06. The summed E-state index contributed by atoms with van der Waals surface area (Å²) in [6.07, 6.45) is 3.62. The average molecular weight is 241 g/mol. The van der Waals surface area contributed by atoms with E-state index in [1.54, 1.807) is 0 Å². The van der Waals surface area contributed by atoms with Crippen molar-refractivity contribution in [2.75, 3.05) is 19.6 Å². The topological polar surface area (TPSA) is 70.2 Å². The van der Waals surface area contributed by atoms with Crippen LogP contribution in [-0.4, -0.2) is 37.5 Å². The molecule has 0 aromatic heterocycles. The summed E-state index contributed by atoms with van der Waals surface area (Å²) in [5.74, 6) is -0.0610. The van der Waals surface area contributed by atoms with E-state index in [1.807, 2.05) is 6.92 Å². The van der Waals surface area contributed by atoms with E-state index in [0.717, 1.165) is 32.4 Å². The maximum atomic E-state index is 11.6. The van der Waals surface area contributed by atoms with Crippen molar-refractivity contribution in [1.82, 2.24) is 16.0 Å². The van der Waals surface area contributed by atoms with Crippen molar-refractivity contribution in [3.8, 4) is 0 Å². The van der Waals surface area contributed by atoms with Gasteiger partial charge in [0.25, 0.3) is 0 Å². The second-order valence-electron chi connectivity index (χ2n) is 4.46. The Hall–Kier alpha value is -1.10. The Bertz CT molecular complexity index is 250. The van der Waals surface area contributed by atoms with Gasteiger partial charge >= 0.3 is 0 Å². The van der Waals surface area contributed by atoms with Gasteiger partial charge in [0, 0.05) is 32.0 Å². The third-order valence-electron chi connectivity index (χ3n) is 2.81. The third-order valence-corrected chi connectivity index (χ3v) is 2.81. The summed E-state index contributed by atoms with van der Waals surface area (Å²) >= 11 is 0. The first kappa shape index (κ1) is 14.0. The lowest BCUT2D eigenvalue weighted by atomic mass is 10.1. The summed E-state index contributed by atoms with van der Waals surface area (Å²) < 4.78 is 0. The van der Waals surface area contributed by atoms with Gasteiger partial charge in [-0.25, -0.2) is 0 Å². The lowest BCUT2D eigenvalue weighted by Gasteiger charge is -2.23. The van der Waals surface area contributed by atoms with Crippen molar-refractivity contribution in [1.29, 1.82) is 0 Å².